The summed E-state index contributed by atoms with van der Waals surface area (Å²) in [5.41, 5.74) is 4.84. The molecule has 0 unspecified atom stereocenters. The summed E-state index contributed by atoms with van der Waals surface area (Å²) in [6.07, 6.45) is 8.65. The van der Waals surface area contributed by atoms with Gasteiger partial charge in [-0.3, -0.25) is 4.79 Å². The summed E-state index contributed by atoms with van der Waals surface area (Å²) >= 11 is 1.81. The molecular formula is C28H37N3OS. The first-order valence-corrected chi connectivity index (χ1v) is 13.4. The lowest BCUT2D eigenvalue weighted by molar-refractivity contribution is 0.102. The number of imidazole rings is 1. The molecule has 4 nitrogen and oxygen atoms in total. The van der Waals surface area contributed by atoms with Gasteiger partial charge in [0.05, 0.1) is 16.7 Å². The van der Waals surface area contributed by atoms with E-state index in [0.29, 0.717) is 11.5 Å². The van der Waals surface area contributed by atoms with Crippen molar-refractivity contribution >= 4 is 34.4 Å². The fourth-order valence-electron chi connectivity index (χ4n) is 4.49. The van der Waals surface area contributed by atoms with Crippen LogP contribution in [0.3, 0.4) is 0 Å². The van der Waals surface area contributed by atoms with E-state index in [4.69, 9.17) is 4.98 Å². The molecule has 1 saturated carbocycles. The van der Waals surface area contributed by atoms with Crippen LogP contribution in [0, 0.1) is 0 Å². The van der Waals surface area contributed by atoms with E-state index in [1.165, 1.54) is 37.7 Å². The van der Waals surface area contributed by atoms with Crippen LogP contribution >= 0.6 is 11.8 Å². The van der Waals surface area contributed by atoms with E-state index < -0.39 is 0 Å². The average molecular weight is 464 g/mol. The number of aromatic nitrogens is 2. The first-order valence-electron chi connectivity index (χ1n) is 12.4. The molecule has 1 heterocycles. The van der Waals surface area contributed by atoms with Gasteiger partial charge >= 0.3 is 0 Å². The first kappa shape index (κ1) is 23.9. The van der Waals surface area contributed by atoms with Crippen molar-refractivity contribution in [3.05, 3.63) is 53.3 Å². The van der Waals surface area contributed by atoms with Crippen molar-refractivity contribution in [3.63, 3.8) is 0 Å². The Morgan fingerprint density at radius 3 is 2.52 bits per heavy atom. The van der Waals surface area contributed by atoms with E-state index in [9.17, 15) is 4.79 Å². The SMILES string of the molecule is CCCCSc1cc2[nH]c(C3CCCCC3)nc2cc1NC(=O)c1ccc(C(C)(C)C)cc1. The Bertz CT molecular complexity index is 1090. The number of unbranched alkanes of at least 4 members (excludes halogenated alkanes) is 1. The number of nitrogens with one attached hydrogen (secondary N) is 2. The third kappa shape index (κ3) is 5.81. The zero-order valence-electron chi connectivity index (χ0n) is 20.5. The lowest BCUT2D eigenvalue weighted by Gasteiger charge is -2.19. The minimum atomic E-state index is -0.0739. The lowest BCUT2D eigenvalue weighted by atomic mass is 9.87. The van der Waals surface area contributed by atoms with Gasteiger partial charge in [-0.25, -0.2) is 4.98 Å². The summed E-state index contributed by atoms with van der Waals surface area (Å²) in [7, 11) is 0. The molecule has 2 N–H and O–H groups in total. The summed E-state index contributed by atoms with van der Waals surface area (Å²) in [5.74, 6) is 2.60. The van der Waals surface area contributed by atoms with Gasteiger partial charge in [-0.1, -0.05) is 65.5 Å². The highest BCUT2D eigenvalue weighted by atomic mass is 32.2. The largest absolute Gasteiger partial charge is 0.342 e. The predicted octanol–water partition coefficient (Wildman–Crippen LogP) is 8.05. The third-order valence-corrected chi connectivity index (χ3v) is 7.75. The summed E-state index contributed by atoms with van der Waals surface area (Å²) in [5, 5.41) is 3.18. The minimum absolute atomic E-state index is 0.0686. The summed E-state index contributed by atoms with van der Waals surface area (Å²) in [6, 6.07) is 12.2. The number of carbonyl (C=O) groups is 1. The Balaban J connectivity index is 1.60. The van der Waals surface area contributed by atoms with Crippen molar-refractivity contribution in [2.24, 2.45) is 0 Å². The molecule has 1 amide bonds. The predicted molar refractivity (Wildman–Crippen MR) is 141 cm³/mol. The van der Waals surface area contributed by atoms with Crippen molar-refractivity contribution in [2.45, 2.75) is 88.9 Å². The molecule has 0 saturated heterocycles. The molecule has 176 valence electrons. The van der Waals surface area contributed by atoms with Crippen LogP contribution in [-0.2, 0) is 5.41 Å². The number of nitrogens with zero attached hydrogens (tertiary/aromatic N) is 1. The van der Waals surface area contributed by atoms with E-state index in [2.05, 4.69) is 56.2 Å². The van der Waals surface area contributed by atoms with Gasteiger partial charge in [-0.05, 0) is 60.3 Å². The molecule has 0 aliphatic heterocycles. The maximum absolute atomic E-state index is 13.1. The van der Waals surface area contributed by atoms with Crippen LogP contribution in [0.1, 0.15) is 100 Å². The highest BCUT2D eigenvalue weighted by molar-refractivity contribution is 7.99. The number of rotatable bonds is 7. The standard InChI is InChI=1S/C28H37N3OS/c1-5-6-16-33-25-18-23-22(29-26(30-23)19-10-8-7-9-11-19)17-24(25)31-27(32)20-12-14-21(15-13-20)28(2,3)4/h12-15,17-19H,5-11,16H2,1-4H3,(H,29,30)(H,31,32). The number of H-pyrrole nitrogens is 1. The number of aromatic amines is 1. The second-order valence-corrected chi connectivity index (χ2v) is 11.4. The third-order valence-electron chi connectivity index (χ3n) is 6.61. The summed E-state index contributed by atoms with van der Waals surface area (Å²) < 4.78 is 0. The van der Waals surface area contributed by atoms with Crippen LogP contribution in [0.25, 0.3) is 11.0 Å². The molecule has 5 heteroatoms. The molecule has 0 radical (unpaired) electrons. The highest BCUT2D eigenvalue weighted by Crippen LogP contribution is 2.36. The maximum Gasteiger partial charge on any atom is 0.255 e. The number of anilines is 1. The van der Waals surface area contributed by atoms with Crippen LogP contribution in [0.4, 0.5) is 5.69 Å². The van der Waals surface area contributed by atoms with E-state index in [0.717, 1.165) is 46.0 Å². The van der Waals surface area contributed by atoms with Crippen LogP contribution in [0.15, 0.2) is 41.3 Å². The molecule has 3 aromatic rings. The topological polar surface area (TPSA) is 57.8 Å². The maximum atomic E-state index is 13.1. The molecule has 33 heavy (non-hydrogen) atoms. The number of fused-ring (bicyclic) bond motifs is 1. The van der Waals surface area contributed by atoms with Gasteiger partial charge in [0.1, 0.15) is 5.82 Å². The summed E-state index contributed by atoms with van der Waals surface area (Å²) in [6.45, 7) is 8.76. The van der Waals surface area contributed by atoms with E-state index >= 15 is 0 Å². The van der Waals surface area contributed by atoms with Crippen LogP contribution in [0.5, 0.6) is 0 Å². The van der Waals surface area contributed by atoms with E-state index in [1.807, 2.05) is 30.0 Å². The van der Waals surface area contributed by atoms with Gasteiger partial charge < -0.3 is 10.3 Å². The van der Waals surface area contributed by atoms with Crippen LogP contribution in [0.2, 0.25) is 0 Å². The van der Waals surface area contributed by atoms with Gasteiger partial charge in [0, 0.05) is 16.4 Å². The number of carbonyl (C=O) groups excluding carboxylic acids is 1. The monoisotopic (exact) mass is 463 g/mol. The second kappa shape index (κ2) is 10.3. The molecule has 2 aromatic carbocycles. The number of hydrogen-bond donors (Lipinski definition) is 2. The van der Waals surface area contributed by atoms with Gasteiger partial charge in [-0.2, -0.15) is 0 Å². The van der Waals surface area contributed by atoms with Gasteiger partial charge in [-0.15, -0.1) is 11.8 Å². The van der Waals surface area contributed by atoms with Crippen molar-refractivity contribution in [1.82, 2.24) is 9.97 Å². The number of benzene rings is 2. The van der Waals surface area contributed by atoms with Gasteiger partial charge in [0.15, 0.2) is 0 Å². The molecule has 0 bridgehead atoms. The molecule has 1 aliphatic rings. The van der Waals surface area contributed by atoms with E-state index in [1.54, 1.807) is 0 Å². The molecule has 1 fully saturated rings. The zero-order chi connectivity index (χ0) is 23.4. The lowest BCUT2D eigenvalue weighted by Crippen LogP contribution is -2.14. The fraction of sp³-hybridized carbons (Fsp3) is 0.500. The fourth-order valence-corrected chi connectivity index (χ4v) is 5.61. The van der Waals surface area contributed by atoms with Gasteiger partial charge in [0.25, 0.3) is 5.91 Å². The second-order valence-electron chi connectivity index (χ2n) is 10.3. The highest BCUT2D eigenvalue weighted by Gasteiger charge is 2.20. The Hall–Kier alpha value is -2.27. The molecular weight excluding hydrogens is 426 g/mol. The van der Waals surface area contributed by atoms with Gasteiger partial charge in [0.2, 0.25) is 0 Å². The van der Waals surface area contributed by atoms with E-state index in [-0.39, 0.29) is 11.3 Å². The van der Waals surface area contributed by atoms with Crippen molar-refractivity contribution in [1.29, 1.82) is 0 Å². The zero-order valence-corrected chi connectivity index (χ0v) is 21.3. The molecule has 0 atom stereocenters. The Kier molecular flexibility index (Phi) is 7.48. The van der Waals surface area contributed by atoms with Crippen LogP contribution in [-0.4, -0.2) is 21.6 Å². The number of amides is 1. The van der Waals surface area contributed by atoms with Crippen molar-refractivity contribution in [3.8, 4) is 0 Å². The number of hydrogen-bond acceptors (Lipinski definition) is 3. The smallest absolute Gasteiger partial charge is 0.255 e. The molecule has 0 spiro atoms. The number of thioether (sulfide) groups is 1. The minimum Gasteiger partial charge on any atom is -0.342 e. The average Bonchev–Trinajstić information content (AvgIpc) is 3.22. The quantitative estimate of drug-likeness (QED) is 0.275. The van der Waals surface area contributed by atoms with Crippen molar-refractivity contribution in [2.75, 3.05) is 11.1 Å². The molecule has 1 aliphatic carbocycles. The normalized spacial score (nSPS) is 15.2. The van der Waals surface area contributed by atoms with Crippen molar-refractivity contribution < 1.29 is 4.79 Å². The molecule has 1 aromatic heterocycles. The Labute approximate surface area is 202 Å². The molecule has 4 rings (SSSR count). The summed E-state index contributed by atoms with van der Waals surface area (Å²) in [4.78, 5) is 22.7. The van der Waals surface area contributed by atoms with Crippen LogP contribution < -0.4 is 5.32 Å². The Morgan fingerprint density at radius 1 is 1.12 bits per heavy atom. The first-order chi connectivity index (χ1) is 15.8. The Morgan fingerprint density at radius 2 is 1.85 bits per heavy atom.